The van der Waals surface area contributed by atoms with Gasteiger partial charge in [-0.25, -0.2) is 0 Å². The van der Waals surface area contributed by atoms with Crippen LogP contribution in [-0.4, -0.2) is 15.0 Å². The molecule has 3 nitrogen and oxygen atoms in total. The molecule has 2 unspecified atom stereocenters. The zero-order chi connectivity index (χ0) is 41.2. The Kier molecular flexibility index (Phi) is 7.46. The third kappa shape index (κ3) is 5.44. The van der Waals surface area contributed by atoms with Crippen molar-refractivity contribution in [3.05, 3.63) is 232 Å². The van der Waals surface area contributed by atoms with Gasteiger partial charge in [0.05, 0.1) is 33.6 Å². The summed E-state index contributed by atoms with van der Waals surface area (Å²) < 4.78 is 26.9. The molecule has 0 amide bonds. The highest BCUT2D eigenvalue weighted by atomic mass is 14.8. The van der Waals surface area contributed by atoms with Crippen LogP contribution in [0, 0.1) is 13.8 Å². The molecule has 0 N–H and O–H groups in total. The van der Waals surface area contributed by atoms with Crippen molar-refractivity contribution in [1.29, 1.82) is 0 Å². The number of aryl methyl sites for hydroxylation is 1. The Morgan fingerprint density at radius 1 is 0.526 bits per heavy atom. The molecule has 10 rings (SSSR count). The summed E-state index contributed by atoms with van der Waals surface area (Å²) in [6.45, 7) is 3.80. The standard InChI is InChI=1S/C54H43N3/c1-35-31-48(57-52(36(35)2)54(4,40-20-9-6-10-21-40)50-24-14-16-30-56-50)46-33-41(53(3,39-18-7-5-8-19-39)49-23-13-15-29-55-49)32-44-43-28-27-38-26-25-37-17-11-12-22-42(37)51(38)47(43)34-45(44)46/h5-33H,34H2,1-4H3/i2D3. The minimum absolute atomic E-state index is 0.249. The molecule has 57 heavy (non-hydrogen) atoms. The van der Waals surface area contributed by atoms with E-state index >= 15 is 0 Å². The van der Waals surface area contributed by atoms with E-state index in [-0.39, 0.29) is 5.56 Å². The number of pyridine rings is 3. The number of nitrogens with zero attached hydrogens (tertiary/aromatic N) is 3. The van der Waals surface area contributed by atoms with Crippen molar-refractivity contribution < 1.29 is 4.11 Å². The second-order valence-corrected chi connectivity index (χ2v) is 15.7. The van der Waals surface area contributed by atoms with Gasteiger partial charge in [-0.3, -0.25) is 15.0 Å². The molecule has 3 heteroatoms. The summed E-state index contributed by atoms with van der Waals surface area (Å²) in [7, 11) is 0. The highest BCUT2D eigenvalue weighted by Crippen LogP contribution is 2.50. The molecule has 6 aromatic carbocycles. The monoisotopic (exact) mass is 736 g/mol. The number of benzene rings is 6. The number of hydrogen-bond acceptors (Lipinski definition) is 3. The summed E-state index contributed by atoms with van der Waals surface area (Å²) >= 11 is 0. The molecule has 0 saturated heterocycles. The molecule has 274 valence electrons. The summed E-state index contributed by atoms with van der Waals surface area (Å²) in [5.74, 6) is 0. The molecule has 0 saturated carbocycles. The van der Waals surface area contributed by atoms with Gasteiger partial charge in [-0.15, -0.1) is 0 Å². The van der Waals surface area contributed by atoms with Crippen LogP contribution >= 0.6 is 0 Å². The molecular weight excluding hydrogens is 691 g/mol. The maximum absolute atomic E-state index is 8.96. The second kappa shape index (κ2) is 13.5. The molecule has 0 bridgehead atoms. The summed E-state index contributed by atoms with van der Waals surface area (Å²) in [4.78, 5) is 15.5. The smallest absolute Gasteiger partial charge is 0.0770 e. The topological polar surface area (TPSA) is 38.7 Å². The maximum atomic E-state index is 8.96. The lowest BCUT2D eigenvalue weighted by Crippen LogP contribution is -2.29. The molecule has 1 aliphatic carbocycles. The molecular formula is C54H43N3. The van der Waals surface area contributed by atoms with Gasteiger partial charge in [0.15, 0.2) is 0 Å². The Labute approximate surface area is 339 Å². The quantitative estimate of drug-likeness (QED) is 0.153. The lowest BCUT2D eigenvalue weighted by Gasteiger charge is -2.33. The Bertz CT molecular complexity index is 2990. The Hall–Kier alpha value is -6.71. The Morgan fingerprint density at radius 2 is 1.12 bits per heavy atom. The van der Waals surface area contributed by atoms with E-state index in [9.17, 15) is 0 Å². The number of aromatic nitrogens is 3. The molecule has 0 spiro atoms. The molecule has 0 fully saturated rings. The predicted molar refractivity (Wildman–Crippen MR) is 235 cm³/mol. The molecule has 1 aliphatic rings. The Morgan fingerprint density at radius 3 is 1.81 bits per heavy atom. The molecule has 0 aliphatic heterocycles. The first-order chi connectivity index (χ1) is 29.1. The zero-order valence-electron chi connectivity index (χ0n) is 35.3. The Balaban J connectivity index is 1.32. The van der Waals surface area contributed by atoms with Gasteiger partial charge >= 0.3 is 0 Å². The van der Waals surface area contributed by atoms with E-state index in [1.807, 2.05) is 79.9 Å². The van der Waals surface area contributed by atoms with Crippen LogP contribution in [0.4, 0.5) is 0 Å². The van der Waals surface area contributed by atoms with Crippen LogP contribution in [0.25, 0.3) is 43.9 Å². The average molecular weight is 737 g/mol. The normalized spacial score (nSPS) is 15.2. The first-order valence-electron chi connectivity index (χ1n) is 21.1. The molecule has 9 aromatic rings. The van der Waals surface area contributed by atoms with Gasteiger partial charge in [-0.2, -0.15) is 0 Å². The SMILES string of the molecule is [2H]C([2H])([2H])c1c(C)cc(-c2cc(C(C)(c3ccccc3)c3ccccn3)cc3c2Cc2c-3ccc3ccc4ccccc4c23)nc1C(C)(c1ccccc1)c1ccccn1. The van der Waals surface area contributed by atoms with Crippen molar-refractivity contribution in [1.82, 2.24) is 15.0 Å². The molecule has 2 atom stereocenters. The third-order valence-corrected chi connectivity index (χ3v) is 12.5. The van der Waals surface area contributed by atoms with E-state index in [1.165, 1.54) is 38.2 Å². The van der Waals surface area contributed by atoms with E-state index < -0.39 is 17.7 Å². The van der Waals surface area contributed by atoms with E-state index in [0.29, 0.717) is 17.7 Å². The highest BCUT2D eigenvalue weighted by Gasteiger charge is 2.38. The van der Waals surface area contributed by atoms with Crippen LogP contribution < -0.4 is 0 Å². The first kappa shape index (κ1) is 31.5. The van der Waals surface area contributed by atoms with Gasteiger partial charge in [0.1, 0.15) is 0 Å². The number of rotatable bonds is 7. The lowest BCUT2D eigenvalue weighted by molar-refractivity contribution is 0.635. The summed E-state index contributed by atoms with van der Waals surface area (Å²) in [5.41, 5.74) is 11.0. The van der Waals surface area contributed by atoms with Crippen LogP contribution in [-0.2, 0) is 17.3 Å². The van der Waals surface area contributed by atoms with Crippen molar-refractivity contribution in [2.75, 3.05) is 0 Å². The van der Waals surface area contributed by atoms with Gasteiger partial charge in [0, 0.05) is 22.1 Å². The minimum atomic E-state index is -2.44. The second-order valence-electron chi connectivity index (χ2n) is 15.7. The van der Waals surface area contributed by atoms with Crippen molar-refractivity contribution in [3.63, 3.8) is 0 Å². The predicted octanol–water partition coefficient (Wildman–Crippen LogP) is 12.7. The van der Waals surface area contributed by atoms with Crippen LogP contribution in [0.15, 0.2) is 176 Å². The third-order valence-electron chi connectivity index (χ3n) is 12.5. The fourth-order valence-electron chi connectivity index (χ4n) is 9.31. The molecule has 3 aromatic heterocycles. The van der Waals surface area contributed by atoms with E-state index in [0.717, 1.165) is 44.9 Å². The van der Waals surface area contributed by atoms with Gasteiger partial charge in [-0.1, -0.05) is 121 Å². The fourth-order valence-corrected chi connectivity index (χ4v) is 9.31. The molecule has 0 radical (unpaired) electrons. The minimum Gasteiger partial charge on any atom is -0.260 e. The van der Waals surface area contributed by atoms with E-state index in [1.54, 1.807) is 6.20 Å². The van der Waals surface area contributed by atoms with E-state index in [4.69, 9.17) is 19.1 Å². The number of hydrogen-bond donors (Lipinski definition) is 0. The summed E-state index contributed by atoms with van der Waals surface area (Å²) in [6.07, 6.45) is 4.33. The van der Waals surface area contributed by atoms with Crippen molar-refractivity contribution in [2.24, 2.45) is 0 Å². The van der Waals surface area contributed by atoms with Crippen molar-refractivity contribution >= 4 is 21.5 Å². The molecule has 3 heterocycles. The van der Waals surface area contributed by atoms with Gasteiger partial charge in [0.2, 0.25) is 0 Å². The zero-order valence-corrected chi connectivity index (χ0v) is 32.3. The average Bonchev–Trinajstić information content (AvgIpc) is 3.67. The van der Waals surface area contributed by atoms with Gasteiger partial charge < -0.3 is 0 Å². The summed E-state index contributed by atoms with van der Waals surface area (Å²) in [6, 6.07) is 56.8. The first-order valence-corrected chi connectivity index (χ1v) is 19.6. The highest BCUT2D eigenvalue weighted by molar-refractivity contribution is 6.12. The maximum Gasteiger partial charge on any atom is 0.0770 e. The van der Waals surface area contributed by atoms with Gasteiger partial charge in [0.25, 0.3) is 0 Å². The van der Waals surface area contributed by atoms with Crippen LogP contribution in [0.5, 0.6) is 0 Å². The van der Waals surface area contributed by atoms with E-state index in [2.05, 4.69) is 111 Å². The fraction of sp³-hybridized carbons (Fsp3) is 0.130. The van der Waals surface area contributed by atoms with Crippen molar-refractivity contribution in [2.45, 2.75) is 44.9 Å². The summed E-state index contributed by atoms with van der Waals surface area (Å²) in [5, 5.41) is 4.91. The van der Waals surface area contributed by atoms with Crippen LogP contribution in [0.2, 0.25) is 0 Å². The van der Waals surface area contributed by atoms with Gasteiger partial charge in [-0.05, 0) is 148 Å². The van der Waals surface area contributed by atoms with Crippen LogP contribution in [0.1, 0.15) is 74.0 Å². The number of fused-ring (bicyclic) bond motifs is 7. The largest absolute Gasteiger partial charge is 0.260 e. The van der Waals surface area contributed by atoms with Crippen LogP contribution in [0.3, 0.4) is 0 Å². The van der Waals surface area contributed by atoms with Crippen molar-refractivity contribution in [3.8, 4) is 22.4 Å². The lowest BCUT2D eigenvalue weighted by atomic mass is 9.71.